The lowest BCUT2D eigenvalue weighted by Crippen LogP contribution is -2.01. The molecule has 2 aromatic heterocycles. The van der Waals surface area contributed by atoms with Crippen molar-refractivity contribution >= 4 is 22.6 Å². The molecule has 0 saturated heterocycles. The minimum absolute atomic E-state index is 0.236. The second kappa shape index (κ2) is 7.30. The number of halogens is 1. The van der Waals surface area contributed by atoms with E-state index in [-0.39, 0.29) is 5.82 Å². The highest BCUT2D eigenvalue weighted by Crippen LogP contribution is 2.26. The molecule has 0 saturated carbocycles. The lowest BCUT2D eigenvalue weighted by Gasteiger charge is -2.11. The zero-order chi connectivity index (χ0) is 17.8. The van der Waals surface area contributed by atoms with Crippen molar-refractivity contribution in [1.82, 2.24) is 14.6 Å². The van der Waals surface area contributed by atoms with E-state index in [2.05, 4.69) is 34.5 Å². The number of benzene rings is 1. The van der Waals surface area contributed by atoms with E-state index in [1.807, 2.05) is 31.2 Å². The molecule has 5 heteroatoms. The van der Waals surface area contributed by atoms with Crippen LogP contribution in [0.5, 0.6) is 0 Å². The third kappa shape index (κ3) is 3.45. The molecule has 4 nitrogen and oxygen atoms in total. The fourth-order valence-corrected chi connectivity index (χ4v) is 2.71. The summed E-state index contributed by atoms with van der Waals surface area (Å²) >= 11 is 0. The zero-order valence-electron chi connectivity index (χ0n) is 14.6. The Morgan fingerprint density at radius 1 is 1.28 bits per heavy atom. The molecule has 0 unspecified atom stereocenters. The molecule has 1 N–H and O–H groups in total. The number of allylic oxidation sites excluding steroid dienone is 4. The Balaban J connectivity index is 2.04. The third-order valence-corrected chi connectivity index (χ3v) is 3.94. The van der Waals surface area contributed by atoms with Gasteiger partial charge in [0.1, 0.15) is 12.1 Å². The Labute approximate surface area is 146 Å². The summed E-state index contributed by atoms with van der Waals surface area (Å²) in [5, 5.41) is 7.59. The maximum atomic E-state index is 13.8. The van der Waals surface area contributed by atoms with Crippen LogP contribution < -0.4 is 5.32 Å². The van der Waals surface area contributed by atoms with E-state index in [1.54, 1.807) is 17.5 Å². The topological polar surface area (TPSA) is 42.2 Å². The molecule has 0 radical (unpaired) electrons. The second-order valence-corrected chi connectivity index (χ2v) is 5.78. The van der Waals surface area contributed by atoms with Crippen molar-refractivity contribution < 1.29 is 4.39 Å². The molecule has 0 aliphatic carbocycles. The predicted octanol–water partition coefficient (Wildman–Crippen LogP) is 5.29. The molecular formula is C20H21FN4. The fourth-order valence-electron chi connectivity index (χ4n) is 2.71. The number of hydrogen-bond donors (Lipinski definition) is 1. The van der Waals surface area contributed by atoms with Gasteiger partial charge in [0.2, 0.25) is 0 Å². The van der Waals surface area contributed by atoms with Gasteiger partial charge in [-0.1, -0.05) is 31.2 Å². The van der Waals surface area contributed by atoms with Crippen LogP contribution in [0.1, 0.15) is 31.5 Å². The minimum atomic E-state index is -0.236. The molecule has 3 rings (SSSR count). The number of aromatic nitrogens is 3. The van der Waals surface area contributed by atoms with Crippen LogP contribution in [-0.4, -0.2) is 14.6 Å². The fraction of sp³-hybridized carbons (Fsp3) is 0.200. The van der Waals surface area contributed by atoms with Gasteiger partial charge in [0.25, 0.3) is 0 Å². The van der Waals surface area contributed by atoms with E-state index in [4.69, 9.17) is 0 Å². The number of pyridine rings is 1. The molecule has 0 bridgehead atoms. The summed E-state index contributed by atoms with van der Waals surface area (Å²) in [6.07, 6.45) is 8.67. The molecule has 0 aliphatic heterocycles. The minimum Gasteiger partial charge on any atom is -0.352 e. The van der Waals surface area contributed by atoms with Crippen LogP contribution in [0.15, 0.2) is 54.9 Å². The highest BCUT2D eigenvalue weighted by molar-refractivity contribution is 5.79. The molecule has 0 aliphatic rings. The van der Waals surface area contributed by atoms with E-state index >= 15 is 0 Å². The van der Waals surface area contributed by atoms with E-state index in [0.29, 0.717) is 16.9 Å². The summed E-state index contributed by atoms with van der Waals surface area (Å²) < 4.78 is 15.6. The zero-order valence-corrected chi connectivity index (χ0v) is 14.6. The highest BCUT2D eigenvalue weighted by Gasteiger charge is 2.11. The summed E-state index contributed by atoms with van der Waals surface area (Å²) in [6, 6.07) is 9.03. The van der Waals surface area contributed by atoms with Gasteiger partial charge in [-0.3, -0.25) is 0 Å². The van der Waals surface area contributed by atoms with Crippen LogP contribution >= 0.6 is 0 Å². The van der Waals surface area contributed by atoms with Crippen molar-refractivity contribution in [3.8, 4) is 0 Å². The van der Waals surface area contributed by atoms with Crippen molar-refractivity contribution in [3.63, 3.8) is 0 Å². The van der Waals surface area contributed by atoms with Gasteiger partial charge >= 0.3 is 0 Å². The van der Waals surface area contributed by atoms with Crippen LogP contribution in [0.25, 0.3) is 11.2 Å². The van der Waals surface area contributed by atoms with Gasteiger partial charge in [-0.05, 0) is 55.7 Å². The van der Waals surface area contributed by atoms with Gasteiger partial charge in [0, 0.05) is 5.69 Å². The largest absolute Gasteiger partial charge is 0.352 e. The smallest absolute Gasteiger partial charge is 0.179 e. The number of nitrogens with zero attached hydrogens (tertiary/aromatic N) is 3. The average molecular weight is 336 g/mol. The Morgan fingerprint density at radius 3 is 2.84 bits per heavy atom. The van der Waals surface area contributed by atoms with Crippen LogP contribution in [-0.2, 0) is 0 Å². The Kier molecular flexibility index (Phi) is 4.93. The molecule has 0 fully saturated rings. The molecule has 0 atom stereocenters. The molecule has 1 aromatic carbocycles. The predicted molar refractivity (Wildman–Crippen MR) is 100 cm³/mol. The van der Waals surface area contributed by atoms with Crippen molar-refractivity contribution in [2.75, 3.05) is 5.32 Å². The van der Waals surface area contributed by atoms with Crippen LogP contribution in [0.2, 0.25) is 0 Å². The number of hydrogen-bond acceptors (Lipinski definition) is 3. The summed E-state index contributed by atoms with van der Waals surface area (Å²) in [4.78, 5) is 4.36. The number of fused-ring (bicyclic) bond motifs is 1. The average Bonchev–Trinajstić information content (AvgIpc) is 3.08. The highest BCUT2D eigenvalue weighted by atomic mass is 19.1. The summed E-state index contributed by atoms with van der Waals surface area (Å²) in [5.41, 5.74) is 4.83. The first-order valence-corrected chi connectivity index (χ1v) is 8.33. The Hall–Kier alpha value is -2.95. The molecule has 25 heavy (non-hydrogen) atoms. The van der Waals surface area contributed by atoms with E-state index in [0.717, 1.165) is 23.4 Å². The first-order valence-electron chi connectivity index (χ1n) is 8.33. The lowest BCUT2D eigenvalue weighted by molar-refractivity contribution is 0.619. The Bertz CT molecular complexity index is 953. The van der Waals surface area contributed by atoms with Crippen molar-refractivity contribution in [3.05, 3.63) is 72.0 Å². The second-order valence-electron chi connectivity index (χ2n) is 5.78. The molecule has 3 aromatic rings. The number of anilines is 2. The lowest BCUT2D eigenvalue weighted by atomic mass is 10.1. The van der Waals surface area contributed by atoms with Gasteiger partial charge in [-0.2, -0.15) is 5.10 Å². The maximum Gasteiger partial charge on any atom is 0.179 e. The molecule has 128 valence electrons. The van der Waals surface area contributed by atoms with Crippen molar-refractivity contribution in [1.29, 1.82) is 0 Å². The van der Waals surface area contributed by atoms with Gasteiger partial charge in [-0.15, -0.1) is 0 Å². The monoisotopic (exact) mass is 336 g/mol. The van der Waals surface area contributed by atoms with Gasteiger partial charge in [-0.25, -0.2) is 13.9 Å². The SMILES string of the molecule is C/C=C\C(=C/CC)c1ccc(Nc2ccc(C)c(F)c2)c2ncnn12. The number of rotatable bonds is 5. The van der Waals surface area contributed by atoms with E-state index in [1.165, 1.54) is 12.4 Å². The third-order valence-electron chi connectivity index (χ3n) is 3.94. The van der Waals surface area contributed by atoms with Crippen molar-refractivity contribution in [2.24, 2.45) is 0 Å². The number of nitrogens with one attached hydrogen (secondary N) is 1. The standard InChI is InChI=1S/C20H21FN4/c1-4-6-15(7-5-2)19-11-10-18(20-22-13-23-25(19)20)24-16-9-8-14(3)17(21)12-16/h4,6-13,24H,5H2,1-3H3/b6-4-,15-7+. The first kappa shape index (κ1) is 16.9. The first-order chi connectivity index (χ1) is 12.1. The van der Waals surface area contributed by atoms with Crippen LogP contribution in [0.3, 0.4) is 0 Å². The summed E-state index contributed by atoms with van der Waals surface area (Å²) in [5.74, 6) is -0.236. The summed E-state index contributed by atoms with van der Waals surface area (Å²) in [6.45, 7) is 5.83. The number of aryl methyl sites for hydroxylation is 1. The molecular weight excluding hydrogens is 315 g/mol. The summed E-state index contributed by atoms with van der Waals surface area (Å²) in [7, 11) is 0. The molecule has 0 spiro atoms. The van der Waals surface area contributed by atoms with E-state index in [9.17, 15) is 4.39 Å². The van der Waals surface area contributed by atoms with Crippen LogP contribution in [0.4, 0.5) is 15.8 Å². The maximum absolute atomic E-state index is 13.8. The quantitative estimate of drug-likeness (QED) is 0.644. The van der Waals surface area contributed by atoms with Crippen LogP contribution in [0, 0.1) is 12.7 Å². The van der Waals surface area contributed by atoms with Gasteiger partial charge in [0.15, 0.2) is 5.65 Å². The molecule has 0 amide bonds. The molecule has 2 heterocycles. The van der Waals surface area contributed by atoms with Gasteiger partial charge < -0.3 is 5.32 Å². The Morgan fingerprint density at radius 2 is 2.12 bits per heavy atom. The van der Waals surface area contributed by atoms with E-state index < -0.39 is 0 Å². The van der Waals surface area contributed by atoms with Gasteiger partial charge in [0.05, 0.1) is 11.4 Å². The normalized spacial score (nSPS) is 12.2. The van der Waals surface area contributed by atoms with Crippen molar-refractivity contribution in [2.45, 2.75) is 27.2 Å².